The van der Waals surface area contributed by atoms with Crippen molar-refractivity contribution < 1.29 is 14.5 Å². The third kappa shape index (κ3) is 4.25. The standard InChI is InChI=1S/C26H23N3O4/c1-3-17-5-11-20(12-6-17)27-24-23(19-9-15-22(16-10-19)29(32)33)25(30)28(26(24)31)21-13-7-18(4-2)8-14-21/h5-16,27H,3-4H2,1-2H3. The SMILES string of the molecule is CCc1ccc(NC2=C(c3ccc([N+](=O)[O-])cc3)C(=O)N(c3ccc(CC)cc3)C2=O)cc1. The number of rotatable bonds is 7. The summed E-state index contributed by atoms with van der Waals surface area (Å²) in [5.74, 6) is -0.956. The summed E-state index contributed by atoms with van der Waals surface area (Å²) in [5, 5.41) is 14.2. The zero-order valence-electron chi connectivity index (χ0n) is 18.4. The fourth-order valence-electron chi connectivity index (χ4n) is 3.75. The van der Waals surface area contributed by atoms with E-state index in [1.54, 1.807) is 12.1 Å². The number of hydrogen-bond acceptors (Lipinski definition) is 5. The van der Waals surface area contributed by atoms with Crippen molar-refractivity contribution in [2.75, 3.05) is 10.2 Å². The van der Waals surface area contributed by atoms with Crippen molar-refractivity contribution in [3.63, 3.8) is 0 Å². The van der Waals surface area contributed by atoms with E-state index in [1.165, 1.54) is 24.3 Å². The number of hydrogen-bond donors (Lipinski definition) is 1. The van der Waals surface area contributed by atoms with Crippen LogP contribution in [-0.2, 0) is 22.4 Å². The van der Waals surface area contributed by atoms with E-state index in [0.717, 1.165) is 28.9 Å². The Hall–Kier alpha value is -4.26. The normalized spacial score (nSPS) is 13.6. The van der Waals surface area contributed by atoms with Crippen LogP contribution in [0.4, 0.5) is 17.1 Å². The first-order valence-corrected chi connectivity index (χ1v) is 10.8. The maximum atomic E-state index is 13.5. The molecule has 0 unspecified atom stereocenters. The molecule has 3 aromatic rings. The molecule has 0 fully saturated rings. The molecule has 4 rings (SSSR count). The predicted octanol–water partition coefficient (Wildman–Crippen LogP) is 5.12. The van der Waals surface area contributed by atoms with Crippen LogP contribution in [-0.4, -0.2) is 16.7 Å². The molecule has 7 heteroatoms. The number of nitrogens with zero attached hydrogens (tertiary/aromatic N) is 2. The summed E-state index contributed by atoms with van der Waals surface area (Å²) >= 11 is 0. The van der Waals surface area contributed by atoms with Gasteiger partial charge in [0.15, 0.2) is 0 Å². The molecule has 0 radical (unpaired) electrons. The molecule has 166 valence electrons. The Labute approximate surface area is 191 Å². The lowest BCUT2D eigenvalue weighted by atomic mass is 10.0. The first kappa shape index (κ1) is 22.0. The molecule has 0 bridgehead atoms. The molecule has 0 saturated heterocycles. The Balaban J connectivity index is 1.77. The number of nitro benzene ring substituents is 1. The quantitative estimate of drug-likeness (QED) is 0.312. The highest BCUT2D eigenvalue weighted by atomic mass is 16.6. The van der Waals surface area contributed by atoms with Crippen molar-refractivity contribution in [3.05, 3.63) is 105 Å². The van der Waals surface area contributed by atoms with Gasteiger partial charge in [-0.3, -0.25) is 19.7 Å². The fraction of sp³-hybridized carbons (Fsp3) is 0.154. The van der Waals surface area contributed by atoms with Gasteiger partial charge in [-0.1, -0.05) is 38.1 Å². The van der Waals surface area contributed by atoms with Gasteiger partial charge in [0, 0.05) is 17.8 Å². The second kappa shape index (κ2) is 9.08. The van der Waals surface area contributed by atoms with Crippen molar-refractivity contribution in [2.45, 2.75) is 26.7 Å². The summed E-state index contributed by atoms with van der Waals surface area (Å²) in [6.45, 7) is 4.08. The second-order valence-corrected chi connectivity index (χ2v) is 7.70. The van der Waals surface area contributed by atoms with Crippen LogP contribution in [0.25, 0.3) is 5.57 Å². The lowest BCUT2D eigenvalue weighted by Gasteiger charge is -2.16. The third-order valence-electron chi connectivity index (χ3n) is 5.69. The number of aryl methyl sites for hydroxylation is 2. The average Bonchev–Trinajstić information content (AvgIpc) is 3.08. The Bertz CT molecular complexity index is 1240. The molecule has 1 N–H and O–H groups in total. The van der Waals surface area contributed by atoms with Gasteiger partial charge in [0.1, 0.15) is 5.70 Å². The largest absolute Gasteiger partial charge is 0.350 e. The zero-order valence-corrected chi connectivity index (χ0v) is 18.4. The van der Waals surface area contributed by atoms with Crippen molar-refractivity contribution in [3.8, 4) is 0 Å². The van der Waals surface area contributed by atoms with Gasteiger partial charge in [0.25, 0.3) is 17.5 Å². The summed E-state index contributed by atoms with van der Waals surface area (Å²) in [6.07, 6.45) is 1.73. The van der Waals surface area contributed by atoms with Crippen molar-refractivity contribution in [2.24, 2.45) is 0 Å². The molecule has 7 nitrogen and oxygen atoms in total. The minimum Gasteiger partial charge on any atom is -0.350 e. The first-order chi connectivity index (χ1) is 15.9. The van der Waals surface area contributed by atoms with Gasteiger partial charge in [0.05, 0.1) is 16.2 Å². The zero-order chi connectivity index (χ0) is 23.5. The second-order valence-electron chi connectivity index (χ2n) is 7.70. The van der Waals surface area contributed by atoms with Gasteiger partial charge < -0.3 is 5.32 Å². The van der Waals surface area contributed by atoms with E-state index in [4.69, 9.17) is 0 Å². The Morgan fingerprint density at radius 3 is 1.85 bits per heavy atom. The molecule has 1 aliphatic rings. The Kier molecular flexibility index (Phi) is 6.04. The minimum atomic E-state index is -0.504. The molecule has 0 spiro atoms. The summed E-state index contributed by atoms with van der Waals surface area (Å²) in [7, 11) is 0. The number of nitrogens with one attached hydrogen (secondary N) is 1. The van der Waals surface area contributed by atoms with Gasteiger partial charge in [-0.2, -0.15) is 0 Å². The molecule has 0 aliphatic carbocycles. The van der Waals surface area contributed by atoms with Gasteiger partial charge in [-0.05, 0) is 65.9 Å². The monoisotopic (exact) mass is 441 g/mol. The molecule has 0 atom stereocenters. The maximum absolute atomic E-state index is 13.5. The van der Waals surface area contributed by atoms with Gasteiger partial charge >= 0.3 is 0 Å². The van der Waals surface area contributed by atoms with Crippen molar-refractivity contribution >= 4 is 34.4 Å². The maximum Gasteiger partial charge on any atom is 0.282 e. The number of carbonyl (C=O) groups is 2. The summed E-state index contributed by atoms with van der Waals surface area (Å²) in [5.41, 5.74) is 4.04. The lowest BCUT2D eigenvalue weighted by Crippen LogP contribution is -2.32. The average molecular weight is 441 g/mol. The molecular weight excluding hydrogens is 418 g/mol. The molecule has 1 heterocycles. The molecule has 33 heavy (non-hydrogen) atoms. The molecular formula is C26H23N3O4. The van der Waals surface area contributed by atoms with Gasteiger partial charge in [-0.15, -0.1) is 0 Å². The van der Waals surface area contributed by atoms with Crippen LogP contribution >= 0.6 is 0 Å². The highest BCUT2D eigenvalue weighted by Gasteiger charge is 2.40. The van der Waals surface area contributed by atoms with Crippen LogP contribution in [0.15, 0.2) is 78.5 Å². The van der Waals surface area contributed by atoms with E-state index < -0.39 is 16.7 Å². The van der Waals surface area contributed by atoms with Crippen LogP contribution in [0.3, 0.4) is 0 Å². The Morgan fingerprint density at radius 1 is 0.788 bits per heavy atom. The number of non-ortho nitro benzene ring substituents is 1. The Morgan fingerprint density at radius 2 is 1.33 bits per heavy atom. The van der Waals surface area contributed by atoms with Gasteiger partial charge in [-0.25, -0.2) is 4.90 Å². The number of carbonyl (C=O) groups excluding carboxylic acids is 2. The fourth-order valence-corrected chi connectivity index (χ4v) is 3.75. The van der Waals surface area contributed by atoms with Crippen molar-refractivity contribution in [1.29, 1.82) is 0 Å². The summed E-state index contributed by atoms with van der Waals surface area (Å²) in [6, 6.07) is 20.5. The van der Waals surface area contributed by atoms with E-state index in [9.17, 15) is 19.7 Å². The van der Waals surface area contributed by atoms with Crippen LogP contribution < -0.4 is 10.2 Å². The molecule has 1 aliphatic heterocycles. The number of imide groups is 1. The van der Waals surface area contributed by atoms with Gasteiger partial charge in [0.2, 0.25) is 0 Å². The summed E-state index contributed by atoms with van der Waals surface area (Å²) in [4.78, 5) is 38.6. The molecule has 0 aromatic heterocycles. The predicted molar refractivity (Wildman–Crippen MR) is 128 cm³/mol. The van der Waals surface area contributed by atoms with Crippen LogP contribution in [0, 0.1) is 10.1 Å². The summed E-state index contributed by atoms with van der Waals surface area (Å²) < 4.78 is 0. The van der Waals surface area contributed by atoms with E-state index >= 15 is 0 Å². The number of benzene rings is 3. The van der Waals surface area contributed by atoms with E-state index in [-0.39, 0.29) is 17.0 Å². The highest BCUT2D eigenvalue weighted by molar-refractivity contribution is 6.46. The van der Waals surface area contributed by atoms with E-state index in [1.807, 2.05) is 43.3 Å². The van der Waals surface area contributed by atoms with E-state index in [2.05, 4.69) is 12.2 Å². The first-order valence-electron chi connectivity index (χ1n) is 10.8. The third-order valence-corrected chi connectivity index (χ3v) is 5.69. The highest BCUT2D eigenvalue weighted by Crippen LogP contribution is 2.34. The van der Waals surface area contributed by atoms with Crippen LogP contribution in [0.1, 0.15) is 30.5 Å². The minimum absolute atomic E-state index is 0.0900. The lowest BCUT2D eigenvalue weighted by molar-refractivity contribution is -0.384. The van der Waals surface area contributed by atoms with Crippen molar-refractivity contribution in [1.82, 2.24) is 0 Å². The topological polar surface area (TPSA) is 92.6 Å². The molecule has 0 saturated carbocycles. The smallest absolute Gasteiger partial charge is 0.282 e. The van der Waals surface area contributed by atoms with Crippen LogP contribution in [0.5, 0.6) is 0 Å². The molecule has 3 aromatic carbocycles. The molecule has 2 amide bonds. The van der Waals surface area contributed by atoms with Crippen LogP contribution in [0.2, 0.25) is 0 Å². The number of nitro groups is 1. The number of anilines is 2. The number of amides is 2. The van der Waals surface area contributed by atoms with E-state index in [0.29, 0.717) is 16.9 Å².